The maximum Gasteiger partial charge on any atom is 0.269 e. The molecular formula is C19H22N4O. The van der Waals surface area contributed by atoms with Crippen molar-refractivity contribution in [2.45, 2.75) is 19.8 Å². The number of hydrogen-bond acceptors (Lipinski definition) is 3. The Morgan fingerprint density at radius 3 is 2.83 bits per heavy atom. The minimum Gasteiger partial charge on any atom is -0.384 e. The average Bonchev–Trinajstić information content (AvgIpc) is 3.03. The van der Waals surface area contributed by atoms with E-state index < -0.39 is 0 Å². The third-order valence-electron chi connectivity index (χ3n) is 3.93. The van der Waals surface area contributed by atoms with Crippen LogP contribution in [0.25, 0.3) is 10.9 Å². The number of anilines is 1. The summed E-state index contributed by atoms with van der Waals surface area (Å²) < 4.78 is 0. The first-order chi connectivity index (χ1) is 11.8. The summed E-state index contributed by atoms with van der Waals surface area (Å²) >= 11 is 0. The molecule has 0 atom stereocenters. The largest absolute Gasteiger partial charge is 0.384 e. The van der Waals surface area contributed by atoms with Crippen molar-refractivity contribution in [1.29, 1.82) is 0 Å². The summed E-state index contributed by atoms with van der Waals surface area (Å²) in [6.07, 6.45) is 5.54. The molecule has 3 N–H and O–H groups in total. The zero-order chi connectivity index (χ0) is 16.8. The molecule has 0 aliphatic heterocycles. The molecule has 5 heteroatoms. The third kappa shape index (κ3) is 3.74. The van der Waals surface area contributed by atoms with Crippen LogP contribution in [0.3, 0.4) is 0 Å². The molecular weight excluding hydrogens is 300 g/mol. The number of aromatic nitrogens is 2. The van der Waals surface area contributed by atoms with Crippen molar-refractivity contribution in [1.82, 2.24) is 15.3 Å². The van der Waals surface area contributed by atoms with Crippen molar-refractivity contribution in [3.05, 3.63) is 60.0 Å². The van der Waals surface area contributed by atoms with Gasteiger partial charge in [-0.2, -0.15) is 0 Å². The van der Waals surface area contributed by atoms with Gasteiger partial charge in [0.15, 0.2) is 0 Å². The van der Waals surface area contributed by atoms with Gasteiger partial charge in [0.2, 0.25) is 0 Å². The second-order valence-electron chi connectivity index (χ2n) is 5.72. The molecule has 0 aliphatic carbocycles. The fraction of sp³-hybridized carbons (Fsp3) is 0.263. The lowest BCUT2D eigenvalue weighted by Gasteiger charge is -2.06. The molecule has 124 valence electrons. The van der Waals surface area contributed by atoms with Gasteiger partial charge in [0, 0.05) is 30.2 Å². The summed E-state index contributed by atoms with van der Waals surface area (Å²) in [6, 6.07) is 11.8. The van der Waals surface area contributed by atoms with Crippen molar-refractivity contribution in [3.63, 3.8) is 0 Å². The van der Waals surface area contributed by atoms with E-state index in [1.54, 1.807) is 12.3 Å². The maximum absolute atomic E-state index is 12.2. The number of H-pyrrole nitrogens is 1. The number of carbonyl (C=O) groups excluding carboxylic acids is 1. The molecule has 2 aromatic heterocycles. The molecule has 0 aliphatic rings. The number of amides is 1. The van der Waals surface area contributed by atoms with Crippen LogP contribution in [-0.2, 0) is 6.42 Å². The number of pyridine rings is 1. The van der Waals surface area contributed by atoms with E-state index in [0.29, 0.717) is 12.2 Å². The average molecular weight is 322 g/mol. The van der Waals surface area contributed by atoms with Gasteiger partial charge in [-0.3, -0.25) is 4.79 Å². The van der Waals surface area contributed by atoms with Crippen molar-refractivity contribution in [2.75, 3.05) is 18.4 Å². The molecule has 1 amide bonds. The van der Waals surface area contributed by atoms with Crippen LogP contribution in [0.5, 0.6) is 0 Å². The molecule has 24 heavy (non-hydrogen) atoms. The molecule has 3 rings (SSSR count). The Morgan fingerprint density at radius 2 is 2.04 bits per heavy atom. The predicted molar refractivity (Wildman–Crippen MR) is 97.4 cm³/mol. The first-order valence-corrected chi connectivity index (χ1v) is 8.31. The van der Waals surface area contributed by atoms with Gasteiger partial charge in [-0.1, -0.05) is 25.1 Å². The highest BCUT2D eigenvalue weighted by Crippen LogP contribution is 2.17. The zero-order valence-corrected chi connectivity index (χ0v) is 13.8. The second-order valence-corrected chi connectivity index (χ2v) is 5.72. The highest BCUT2D eigenvalue weighted by molar-refractivity contribution is 5.92. The maximum atomic E-state index is 12.2. The Bertz CT molecular complexity index is 808. The standard InChI is InChI=1S/C19H22N4O/c1-2-10-20-15-7-8-18(23-13-15)19(24)21-11-9-14-12-22-17-6-4-3-5-16(14)17/h3-8,12-13,20,22H,2,9-11H2,1H3,(H,21,24). The fourth-order valence-corrected chi connectivity index (χ4v) is 2.64. The van der Waals surface area contributed by atoms with Crippen LogP contribution in [0.4, 0.5) is 5.69 Å². The molecule has 0 spiro atoms. The lowest BCUT2D eigenvalue weighted by atomic mass is 10.1. The SMILES string of the molecule is CCCNc1ccc(C(=O)NCCc2c[nH]c3ccccc23)nc1. The Morgan fingerprint density at radius 1 is 1.17 bits per heavy atom. The number of benzene rings is 1. The summed E-state index contributed by atoms with van der Waals surface area (Å²) in [6.45, 7) is 3.59. The van der Waals surface area contributed by atoms with Gasteiger partial charge in [-0.05, 0) is 36.6 Å². The molecule has 5 nitrogen and oxygen atoms in total. The van der Waals surface area contributed by atoms with Crippen molar-refractivity contribution < 1.29 is 4.79 Å². The molecule has 0 fully saturated rings. The third-order valence-corrected chi connectivity index (χ3v) is 3.93. The topological polar surface area (TPSA) is 69.8 Å². The lowest BCUT2D eigenvalue weighted by Crippen LogP contribution is -2.26. The number of nitrogens with one attached hydrogen (secondary N) is 3. The van der Waals surface area contributed by atoms with Crippen LogP contribution in [0.15, 0.2) is 48.8 Å². The second kappa shape index (κ2) is 7.64. The van der Waals surface area contributed by atoms with E-state index in [4.69, 9.17) is 0 Å². The van der Waals surface area contributed by atoms with Gasteiger partial charge in [-0.25, -0.2) is 4.98 Å². The van der Waals surface area contributed by atoms with Gasteiger partial charge in [0.25, 0.3) is 5.91 Å². The highest BCUT2D eigenvalue weighted by atomic mass is 16.1. The molecule has 2 heterocycles. The molecule has 0 saturated carbocycles. The van der Waals surface area contributed by atoms with Crippen LogP contribution in [0, 0.1) is 0 Å². The molecule has 0 saturated heterocycles. The molecule has 0 bridgehead atoms. The van der Waals surface area contributed by atoms with Crippen LogP contribution in [-0.4, -0.2) is 29.0 Å². The van der Waals surface area contributed by atoms with Gasteiger partial charge < -0.3 is 15.6 Å². The van der Waals surface area contributed by atoms with E-state index in [0.717, 1.165) is 30.6 Å². The van der Waals surface area contributed by atoms with Crippen LogP contribution in [0.2, 0.25) is 0 Å². The van der Waals surface area contributed by atoms with E-state index in [2.05, 4.69) is 39.7 Å². The zero-order valence-electron chi connectivity index (χ0n) is 13.8. The molecule has 0 radical (unpaired) electrons. The van der Waals surface area contributed by atoms with Gasteiger partial charge in [0.05, 0.1) is 11.9 Å². The number of carbonyl (C=O) groups is 1. The highest BCUT2D eigenvalue weighted by Gasteiger charge is 2.08. The number of para-hydroxylation sites is 1. The van der Waals surface area contributed by atoms with E-state index in [1.165, 1.54) is 10.9 Å². The minimum absolute atomic E-state index is 0.142. The summed E-state index contributed by atoms with van der Waals surface area (Å²) in [5.41, 5.74) is 3.71. The number of nitrogens with zero attached hydrogens (tertiary/aromatic N) is 1. The first kappa shape index (κ1) is 16.1. The molecule has 0 unspecified atom stereocenters. The molecule has 1 aromatic carbocycles. The van der Waals surface area contributed by atoms with Crippen molar-refractivity contribution in [2.24, 2.45) is 0 Å². The van der Waals surface area contributed by atoms with Crippen LogP contribution < -0.4 is 10.6 Å². The van der Waals surface area contributed by atoms with Gasteiger partial charge >= 0.3 is 0 Å². The Balaban J connectivity index is 1.53. The molecule has 3 aromatic rings. The van der Waals surface area contributed by atoms with Crippen LogP contribution in [0.1, 0.15) is 29.4 Å². The Labute approximate surface area is 141 Å². The van der Waals surface area contributed by atoms with Gasteiger partial charge in [0.1, 0.15) is 5.69 Å². The minimum atomic E-state index is -0.142. The smallest absolute Gasteiger partial charge is 0.269 e. The van der Waals surface area contributed by atoms with Gasteiger partial charge in [-0.15, -0.1) is 0 Å². The number of fused-ring (bicyclic) bond motifs is 1. The van der Waals surface area contributed by atoms with E-state index in [9.17, 15) is 4.79 Å². The number of rotatable bonds is 7. The summed E-state index contributed by atoms with van der Waals surface area (Å²) in [7, 11) is 0. The number of aromatic amines is 1. The quantitative estimate of drug-likeness (QED) is 0.625. The summed E-state index contributed by atoms with van der Waals surface area (Å²) in [5.74, 6) is -0.142. The number of hydrogen-bond donors (Lipinski definition) is 3. The Kier molecular flexibility index (Phi) is 5.11. The monoisotopic (exact) mass is 322 g/mol. The van der Waals surface area contributed by atoms with E-state index in [1.807, 2.05) is 24.4 Å². The summed E-state index contributed by atoms with van der Waals surface area (Å²) in [5, 5.41) is 7.38. The summed E-state index contributed by atoms with van der Waals surface area (Å²) in [4.78, 5) is 19.6. The van der Waals surface area contributed by atoms with Crippen molar-refractivity contribution in [3.8, 4) is 0 Å². The van der Waals surface area contributed by atoms with E-state index in [-0.39, 0.29) is 5.91 Å². The van der Waals surface area contributed by atoms with E-state index >= 15 is 0 Å². The normalized spacial score (nSPS) is 10.7. The van der Waals surface area contributed by atoms with Crippen LogP contribution >= 0.6 is 0 Å². The van der Waals surface area contributed by atoms with Crippen molar-refractivity contribution >= 4 is 22.5 Å². The predicted octanol–water partition coefficient (Wildman–Crippen LogP) is 3.36. The Hall–Kier alpha value is -2.82. The lowest BCUT2D eigenvalue weighted by molar-refractivity contribution is 0.0949. The fourth-order valence-electron chi connectivity index (χ4n) is 2.64. The first-order valence-electron chi connectivity index (χ1n) is 8.31.